The average molecular weight is 346 g/mol. The van der Waals surface area contributed by atoms with E-state index in [0.717, 1.165) is 5.46 Å². The predicted octanol–water partition coefficient (Wildman–Crippen LogP) is 4.70. The summed E-state index contributed by atoms with van der Waals surface area (Å²) in [4.78, 5) is 0. The van der Waals surface area contributed by atoms with Crippen molar-refractivity contribution in [3.8, 4) is 11.1 Å². The van der Waals surface area contributed by atoms with Gasteiger partial charge in [-0.1, -0.05) is 72.2 Å². The number of hydrogen-bond acceptors (Lipinski definition) is 2. The maximum atomic E-state index is 6.16. The molecule has 3 heteroatoms. The van der Waals surface area contributed by atoms with Crippen molar-refractivity contribution in [3.05, 3.63) is 66.7 Å². The van der Waals surface area contributed by atoms with Crippen molar-refractivity contribution in [1.29, 1.82) is 0 Å². The summed E-state index contributed by atoms with van der Waals surface area (Å²) in [7, 11) is 2.29. The fourth-order valence-electron chi connectivity index (χ4n) is 2.94. The first-order chi connectivity index (χ1) is 12.3. The molecule has 0 amide bonds. The van der Waals surface area contributed by atoms with Crippen LogP contribution in [-0.2, 0) is 9.39 Å². The molecule has 0 saturated heterocycles. The van der Waals surface area contributed by atoms with Crippen molar-refractivity contribution in [3.63, 3.8) is 0 Å². The van der Waals surface area contributed by atoms with Crippen molar-refractivity contribution in [2.45, 2.75) is 38.9 Å². The molecule has 0 aliphatic carbocycles. The zero-order chi connectivity index (χ0) is 18.8. The molecular formula is C23H27BO2. The van der Waals surface area contributed by atoms with Gasteiger partial charge in [0.05, 0.1) is 11.2 Å². The number of ether oxygens (including phenoxy) is 1. The third kappa shape index (κ3) is 3.69. The minimum Gasteiger partial charge on any atom is -0.427 e. The zero-order valence-electron chi connectivity index (χ0n) is 16.4. The first kappa shape index (κ1) is 18.7. The maximum absolute atomic E-state index is 6.16. The van der Waals surface area contributed by atoms with Crippen LogP contribution in [0.15, 0.2) is 66.7 Å². The van der Waals surface area contributed by atoms with Crippen molar-refractivity contribution < 1.29 is 9.39 Å². The van der Waals surface area contributed by atoms with Crippen LogP contribution in [0.4, 0.5) is 0 Å². The Balaban J connectivity index is 1.79. The van der Waals surface area contributed by atoms with E-state index in [2.05, 4.69) is 94.4 Å². The van der Waals surface area contributed by atoms with E-state index in [1.165, 1.54) is 21.9 Å². The predicted molar refractivity (Wildman–Crippen MR) is 112 cm³/mol. The van der Waals surface area contributed by atoms with Gasteiger partial charge < -0.3 is 9.39 Å². The van der Waals surface area contributed by atoms with Crippen LogP contribution in [0, 0.1) is 0 Å². The number of benzene rings is 3. The Hall–Kier alpha value is -2.10. The number of hydrogen-bond donors (Lipinski definition) is 0. The highest BCUT2D eigenvalue weighted by Gasteiger charge is 2.37. The van der Waals surface area contributed by atoms with Gasteiger partial charge in [0, 0.05) is 7.11 Å². The summed E-state index contributed by atoms with van der Waals surface area (Å²) in [6.45, 7) is 8.25. The molecule has 0 saturated carbocycles. The molecule has 0 heterocycles. The summed E-state index contributed by atoms with van der Waals surface area (Å²) < 4.78 is 11.7. The van der Waals surface area contributed by atoms with Gasteiger partial charge in [0.25, 0.3) is 0 Å². The minimum absolute atomic E-state index is 0.351. The van der Waals surface area contributed by atoms with Crippen LogP contribution in [0.25, 0.3) is 21.9 Å². The fraction of sp³-hybridized carbons (Fsp3) is 0.304. The van der Waals surface area contributed by atoms with Crippen LogP contribution in [0.5, 0.6) is 0 Å². The summed E-state index contributed by atoms with van der Waals surface area (Å²) in [5, 5.41) is 2.54. The molecule has 0 bridgehead atoms. The van der Waals surface area contributed by atoms with Crippen LogP contribution in [0.3, 0.4) is 0 Å². The standard InChI is InChI=1S/C23H27BO2/c1-22(2,25-5)23(3,4)26-24-19-15-13-18(14-16-19)21-12-8-10-17-9-6-7-11-20(17)21/h6-16,24H,1-5H3. The molecule has 3 rings (SSSR count). The van der Waals surface area contributed by atoms with Crippen molar-refractivity contribution in [1.82, 2.24) is 0 Å². The minimum atomic E-state index is -0.379. The molecule has 0 aliphatic rings. The van der Waals surface area contributed by atoms with E-state index in [4.69, 9.17) is 9.39 Å². The zero-order valence-corrected chi connectivity index (χ0v) is 16.4. The highest BCUT2D eigenvalue weighted by atomic mass is 16.5. The second-order valence-electron chi connectivity index (χ2n) is 7.74. The SMILES string of the molecule is COC(C)(C)C(C)(C)OBc1ccc(-c2cccc3ccccc23)cc1. The van der Waals surface area contributed by atoms with Crippen molar-refractivity contribution in [2.24, 2.45) is 0 Å². The lowest BCUT2D eigenvalue weighted by Gasteiger charge is -2.40. The van der Waals surface area contributed by atoms with Gasteiger partial charge in [-0.25, -0.2) is 0 Å². The van der Waals surface area contributed by atoms with E-state index in [0.29, 0.717) is 7.48 Å². The van der Waals surface area contributed by atoms with E-state index < -0.39 is 0 Å². The quantitative estimate of drug-likeness (QED) is 0.602. The molecule has 0 spiro atoms. The van der Waals surface area contributed by atoms with Gasteiger partial charge in [0.15, 0.2) is 0 Å². The van der Waals surface area contributed by atoms with Gasteiger partial charge in [-0.2, -0.15) is 0 Å². The van der Waals surface area contributed by atoms with E-state index in [9.17, 15) is 0 Å². The lowest BCUT2D eigenvalue weighted by atomic mass is 9.82. The largest absolute Gasteiger partial charge is 0.427 e. The van der Waals surface area contributed by atoms with E-state index >= 15 is 0 Å². The molecule has 3 aromatic rings. The molecule has 3 aromatic carbocycles. The van der Waals surface area contributed by atoms with Crippen LogP contribution in [-0.4, -0.2) is 25.8 Å². The van der Waals surface area contributed by atoms with Gasteiger partial charge in [-0.3, -0.25) is 0 Å². The topological polar surface area (TPSA) is 18.5 Å². The second-order valence-corrected chi connectivity index (χ2v) is 7.74. The van der Waals surface area contributed by atoms with Crippen LogP contribution >= 0.6 is 0 Å². The van der Waals surface area contributed by atoms with Gasteiger partial charge in [-0.15, -0.1) is 0 Å². The fourth-order valence-corrected chi connectivity index (χ4v) is 2.94. The molecule has 0 N–H and O–H groups in total. The highest BCUT2D eigenvalue weighted by molar-refractivity contribution is 6.47. The monoisotopic (exact) mass is 346 g/mol. The van der Waals surface area contributed by atoms with Crippen molar-refractivity contribution in [2.75, 3.05) is 7.11 Å². The van der Waals surface area contributed by atoms with Gasteiger partial charge in [-0.05, 0) is 49.6 Å². The van der Waals surface area contributed by atoms with Crippen LogP contribution < -0.4 is 5.46 Å². The summed E-state index contributed by atoms with van der Waals surface area (Å²) >= 11 is 0. The molecule has 134 valence electrons. The molecule has 0 unspecified atom stereocenters. The first-order valence-corrected chi connectivity index (χ1v) is 9.10. The molecule has 0 aliphatic heterocycles. The molecule has 0 fully saturated rings. The van der Waals surface area contributed by atoms with E-state index in [1.54, 1.807) is 7.11 Å². The molecule has 0 aromatic heterocycles. The number of fused-ring (bicyclic) bond motifs is 1. The summed E-state index contributed by atoms with van der Waals surface area (Å²) in [6.07, 6.45) is 0. The third-order valence-electron chi connectivity index (χ3n) is 5.61. The maximum Gasteiger partial charge on any atom is 0.309 e. The lowest BCUT2D eigenvalue weighted by Crippen LogP contribution is -2.50. The molecule has 0 radical (unpaired) electrons. The Morgan fingerprint density at radius 2 is 1.38 bits per heavy atom. The highest BCUT2D eigenvalue weighted by Crippen LogP contribution is 2.29. The average Bonchev–Trinajstić information content (AvgIpc) is 2.66. The van der Waals surface area contributed by atoms with Gasteiger partial charge in [0.2, 0.25) is 0 Å². The third-order valence-corrected chi connectivity index (χ3v) is 5.61. The summed E-state index contributed by atoms with van der Waals surface area (Å²) in [5.41, 5.74) is 2.92. The number of methoxy groups -OCH3 is 1. The van der Waals surface area contributed by atoms with Crippen LogP contribution in [0.1, 0.15) is 27.7 Å². The van der Waals surface area contributed by atoms with Crippen LogP contribution in [0.2, 0.25) is 0 Å². The van der Waals surface area contributed by atoms with Gasteiger partial charge >= 0.3 is 7.48 Å². The van der Waals surface area contributed by atoms with E-state index in [1.807, 2.05) is 0 Å². The van der Waals surface area contributed by atoms with E-state index in [-0.39, 0.29) is 11.2 Å². The smallest absolute Gasteiger partial charge is 0.309 e. The Morgan fingerprint density at radius 3 is 2.08 bits per heavy atom. The second kappa shape index (κ2) is 7.26. The Labute approximate surface area is 157 Å². The Morgan fingerprint density at radius 1 is 0.731 bits per heavy atom. The Kier molecular flexibility index (Phi) is 5.22. The summed E-state index contributed by atoms with van der Waals surface area (Å²) in [5.74, 6) is 0. The van der Waals surface area contributed by atoms with Gasteiger partial charge in [0.1, 0.15) is 0 Å². The lowest BCUT2D eigenvalue weighted by molar-refractivity contribution is -0.114. The Bertz CT molecular complexity index is 877. The molecule has 2 nitrogen and oxygen atoms in total. The first-order valence-electron chi connectivity index (χ1n) is 9.10. The molecule has 0 atom stereocenters. The summed E-state index contributed by atoms with van der Waals surface area (Å²) in [6, 6.07) is 23.6. The number of rotatable bonds is 6. The normalized spacial score (nSPS) is 12.3. The van der Waals surface area contributed by atoms with Crippen molar-refractivity contribution >= 4 is 23.7 Å². The molecule has 26 heavy (non-hydrogen) atoms. The molecular weight excluding hydrogens is 319 g/mol.